The molecule has 0 aromatic rings. The molecule has 24 heavy (non-hydrogen) atoms. The van der Waals surface area contributed by atoms with Gasteiger partial charge in [-0.2, -0.15) is 0 Å². The minimum atomic E-state index is -0.918. The summed E-state index contributed by atoms with van der Waals surface area (Å²) in [5.74, 6) is 0.0428. The summed E-state index contributed by atoms with van der Waals surface area (Å²) in [6, 6.07) is 0. The molecule has 1 fully saturated rings. The van der Waals surface area contributed by atoms with Crippen LogP contribution < -0.4 is 0 Å². The first-order chi connectivity index (χ1) is 11.2. The van der Waals surface area contributed by atoms with E-state index in [-0.39, 0.29) is 35.1 Å². The maximum Gasteiger partial charge on any atom is 0.184 e. The topological polar surface area (TPSA) is 77.8 Å². The first-order valence-electron chi connectivity index (χ1n) is 8.82. The summed E-state index contributed by atoms with van der Waals surface area (Å²) in [4.78, 5) is 12.2. The molecule has 132 valence electrons. The van der Waals surface area contributed by atoms with Crippen LogP contribution in [0.4, 0.5) is 0 Å². The zero-order valence-corrected chi connectivity index (χ0v) is 14.9. The maximum atomic E-state index is 12.2. The molecule has 0 bridgehead atoms. The average Bonchev–Trinajstić information content (AvgIpc) is 2.62. The van der Waals surface area contributed by atoms with Crippen molar-refractivity contribution < 1.29 is 20.1 Å². The van der Waals surface area contributed by atoms with Crippen LogP contribution in [-0.4, -0.2) is 39.9 Å². The van der Waals surface area contributed by atoms with E-state index < -0.39 is 12.2 Å². The molecule has 0 radical (unpaired) electrons. The SMILES string of the molecule is CC(C)[C@H]1[C@@H](O)[C@@H](O)C2=CC3=C(CO)C(=O)C=C[C@@]3(C)CC[C@@]21C. The lowest BCUT2D eigenvalue weighted by molar-refractivity contribution is -0.112. The van der Waals surface area contributed by atoms with Crippen LogP contribution in [-0.2, 0) is 4.79 Å². The monoisotopic (exact) mass is 332 g/mol. The van der Waals surface area contributed by atoms with E-state index in [1.165, 1.54) is 0 Å². The van der Waals surface area contributed by atoms with Gasteiger partial charge < -0.3 is 15.3 Å². The molecule has 4 heteroatoms. The molecule has 3 aliphatic rings. The van der Waals surface area contributed by atoms with Gasteiger partial charge in [-0.15, -0.1) is 0 Å². The van der Waals surface area contributed by atoms with Crippen molar-refractivity contribution >= 4 is 5.78 Å². The van der Waals surface area contributed by atoms with Crippen molar-refractivity contribution in [2.45, 2.75) is 52.7 Å². The van der Waals surface area contributed by atoms with Gasteiger partial charge in [-0.3, -0.25) is 4.79 Å². The van der Waals surface area contributed by atoms with Crippen molar-refractivity contribution in [3.05, 3.63) is 34.9 Å². The van der Waals surface area contributed by atoms with E-state index in [0.717, 1.165) is 24.0 Å². The van der Waals surface area contributed by atoms with E-state index in [4.69, 9.17) is 0 Å². The van der Waals surface area contributed by atoms with Gasteiger partial charge in [0.1, 0.15) is 6.10 Å². The average molecular weight is 332 g/mol. The smallest absolute Gasteiger partial charge is 0.184 e. The van der Waals surface area contributed by atoms with Gasteiger partial charge in [0.2, 0.25) is 0 Å². The second-order valence-electron chi connectivity index (χ2n) is 8.39. The third-order valence-corrected chi connectivity index (χ3v) is 6.59. The van der Waals surface area contributed by atoms with Gasteiger partial charge in [-0.05, 0) is 47.3 Å². The number of aliphatic hydroxyl groups is 3. The van der Waals surface area contributed by atoms with Gasteiger partial charge in [0.25, 0.3) is 0 Å². The molecule has 3 N–H and O–H groups in total. The number of fused-ring (bicyclic) bond motifs is 2. The Balaban J connectivity index is 2.21. The Morgan fingerprint density at radius 1 is 1.25 bits per heavy atom. The fourth-order valence-electron chi connectivity index (χ4n) is 5.21. The Kier molecular flexibility index (Phi) is 4.14. The Hall–Kier alpha value is -1.23. The van der Waals surface area contributed by atoms with Crippen LogP contribution in [0.25, 0.3) is 0 Å². The molecule has 0 heterocycles. The highest BCUT2D eigenvalue weighted by atomic mass is 16.3. The third kappa shape index (κ3) is 2.27. The lowest BCUT2D eigenvalue weighted by Crippen LogP contribution is -2.35. The summed E-state index contributed by atoms with van der Waals surface area (Å²) in [5, 5.41) is 31.0. The summed E-state index contributed by atoms with van der Waals surface area (Å²) in [6.45, 7) is 8.05. The quantitative estimate of drug-likeness (QED) is 0.724. The third-order valence-electron chi connectivity index (χ3n) is 6.59. The number of carbonyl (C=O) groups is 1. The first kappa shape index (κ1) is 17.6. The van der Waals surface area contributed by atoms with Crippen LogP contribution >= 0.6 is 0 Å². The summed E-state index contributed by atoms with van der Waals surface area (Å²) in [5.41, 5.74) is 1.39. The zero-order valence-electron chi connectivity index (χ0n) is 14.9. The van der Waals surface area contributed by atoms with Gasteiger partial charge in [0, 0.05) is 11.0 Å². The van der Waals surface area contributed by atoms with Gasteiger partial charge >= 0.3 is 0 Å². The van der Waals surface area contributed by atoms with Gasteiger partial charge in [0.15, 0.2) is 5.78 Å². The van der Waals surface area contributed by atoms with Crippen LogP contribution in [0.15, 0.2) is 34.9 Å². The van der Waals surface area contributed by atoms with Crippen LogP contribution in [0.1, 0.15) is 40.5 Å². The van der Waals surface area contributed by atoms with Crippen LogP contribution in [0.3, 0.4) is 0 Å². The molecule has 5 atom stereocenters. The Morgan fingerprint density at radius 3 is 2.50 bits per heavy atom. The highest BCUT2D eigenvalue weighted by molar-refractivity contribution is 6.06. The Bertz CT molecular complexity index is 657. The van der Waals surface area contributed by atoms with Gasteiger partial charge in [-0.1, -0.05) is 39.8 Å². The molecule has 0 aromatic heterocycles. The highest BCUT2D eigenvalue weighted by Gasteiger charge is 2.56. The van der Waals surface area contributed by atoms with E-state index in [1.54, 1.807) is 6.08 Å². The predicted octanol–water partition coefficient (Wildman–Crippen LogP) is 2.15. The minimum absolute atomic E-state index is 0.0274. The van der Waals surface area contributed by atoms with Crippen LogP contribution in [0, 0.1) is 22.7 Å². The van der Waals surface area contributed by atoms with Crippen molar-refractivity contribution in [2.24, 2.45) is 22.7 Å². The number of ketones is 1. The van der Waals surface area contributed by atoms with E-state index >= 15 is 0 Å². The van der Waals surface area contributed by atoms with Crippen LogP contribution in [0.5, 0.6) is 0 Å². The van der Waals surface area contributed by atoms with E-state index in [9.17, 15) is 20.1 Å². The molecular formula is C20H28O4. The van der Waals surface area contributed by atoms with E-state index in [2.05, 4.69) is 27.7 Å². The zero-order chi connectivity index (χ0) is 17.9. The summed E-state index contributed by atoms with van der Waals surface area (Å²) < 4.78 is 0. The van der Waals surface area contributed by atoms with Crippen molar-refractivity contribution in [2.75, 3.05) is 6.61 Å². The molecule has 0 amide bonds. The molecule has 3 aliphatic carbocycles. The lowest BCUT2D eigenvalue weighted by Gasteiger charge is -2.37. The number of hydrogen-bond acceptors (Lipinski definition) is 4. The van der Waals surface area contributed by atoms with E-state index in [1.807, 2.05) is 12.2 Å². The van der Waals surface area contributed by atoms with Crippen molar-refractivity contribution in [1.29, 1.82) is 0 Å². The number of aliphatic hydroxyl groups excluding tert-OH is 3. The molecule has 0 aliphatic heterocycles. The summed E-state index contributed by atoms with van der Waals surface area (Å²) >= 11 is 0. The Labute approximate surface area is 143 Å². The number of allylic oxidation sites excluding steroid dienone is 4. The molecule has 1 saturated carbocycles. The minimum Gasteiger partial charge on any atom is -0.392 e. The summed E-state index contributed by atoms with van der Waals surface area (Å²) in [6.07, 6.45) is 5.32. The molecule has 0 unspecified atom stereocenters. The first-order valence-corrected chi connectivity index (χ1v) is 8.82. The molecule has 0 saturated heterocycles. The second kappa shape index (κ2) is 5.65. The van der Waals surface area contributed by atoms with Crippen molar-refractivity contribution in [3.63, 3.8) is 0 Å². The summed E-state index contributed by atoms with van der Waals surface area (Å²) in [7, 11) is 0. The maximum absolute atomic E-state index is 12.2. The van der Waals surface area contributed by atoms with Crippen molar-refractivity contribution in [3.8, 4) is 0 Å². The lowest BCUT2D eigenvalue weighted by atomic mass is 9.67. The second-order valence-corrected chi connectivity index (χ2v) is 8.39. The molecule has 4 nitrogen and oxygen atoms in total. The van der Waals surface area contributed by atoms with Gasteiger partial charge in [0.05, 0.1) is 12.7 Å². The number of rotatable bonds is 2. The largest absolute Gasteiger partial charge is 0.392 e. The van der Waals surface area contributed by atoms with Crippen LogP contribution in [0.2, 0.25) is 0 Å². The number of hydrogen-bond donors (Lipinski definition) is 3. The Morgan fingerprint density at radius 2 is 1.92 bits per heavy atom. The molecular weight excluding hydrogens is 304 g/mol. The normalized spacial score (nSPS) is 42.1. The predicted molar refractivity (Wildman–Crippen MR) is 92.1 cm³/mol. The number of carbonyl (C=O) groups excluding carboxylic acids is 1. The van der Waals surface area contributed by atoms with Gasteiger partial charge in [-0.25, -0.2) is 0 Å². The fourth-order valence-corrected chi connectivity index (χ4v) is 5.21. The standard InChI is InChI=1S/C20H28O4/c1-11(2)16-18(24)17(23)14-9-13-12(10-21)15(22)5-6-19(13,3)7-8-20(14,16)4/h5-6,9,11,16-18,21,23-24H,7-8,10H2,1-4H3/t16-,17-,18+,19-,20-/m0/s1. The molecule has 0 aromatic carbocycles. The molecule has 0 spiro atoms. The highest BCUT2D eigenvalue weighted by Crippen LogP contribution is 2.58. The van der Waals surface area contributed by atoms with E-state index in [0.29, 0.717) is 5.57 Å². The molecule has 3 rings (SSSR count). The van der Waals surface area contributed by atoms with Crippen molar-refractivity contribution in [1.82, 2.24) is 0 Å². The fraction of sp³-hybridized carbons (Fsp3) is 0.650.